The lowest BCUT2D eigenvalue weighted by Crippen LogP contribution is -2.05. The summed E-state index contributed by atoms with van der Waals surface area (Å²) >= 11 is 5.05. The second-order valence-corrected chi connectivity index (χ2v) is 2.74. The van der Waals surface area contributed by atoms with Gasteiger partial charge in [-0.3, -0.25) is 0 Å². The zero-order valence-corrected chi connectivity index (χ0v) is 7.46. The minimum atomic E-state index is -4.56. The van der Waals surface area contributed by atoms with Crippen LogP contribution in [0.2, 0.25) is 0 Å². The van der Waals surface area contributed by atoms with Crippen LogP contribution in [0.1, 0.15) is 11.1 Å². The number of halogens is 5. The highest BCUT2D eigenvalue weighted by atomic mass is 35.5. The van der Waals surface area contributed by atoms with E-state index >= 15 is 0 Å². The van der Waals surface area contributed by atoms with Gasteiger partial charge in [0, 0.05) is 0 Å². The van der Waals surface area contributed by atoms with Crippen LogP contribution in [0, 0.1) is 11.4 Å². The van der Waals surface area contributed by atoms with E-state index in [1.54, 1.807) is 0 Å². The van der Waals surface area contributed by atoms with Gasteiger partial charge in [0.2, 0.25) is 0 Å². The molecular weight excluding hydrogens is 220 g/mol. The minimum absolute atomic E-state index is 0.0207. The van der Waals surface area contributed by atoms with E-state index in [9.17, 15) is 17.6 Å². The molecule has 0 saturated carbocycles. The summed E-state index contributed by atoms with van der Waals surface area (Å²) in [6.07, 6.45) is -3.50. The van der Waals surface area contributed by atoms with Crippen molar-refractivity contribution in [3.63, 3.8) is 0 Å². The van der Waals surface area contributed by atoms with E-state index in [-0.39, 0.29) is 5.56 Å². The molecule has 0 aliphatic carbocycles. The maximum atomic E-state index is 12.7. The van der Waals surface area contributed by atoms with Gasteiger partial charge in [0.1, 0.15) is 5.82 Å². The number of hydrogen-bond acceptors (Lipinski definition) is 0. The highest BCUT2D eigenvalue weighted by Gasteiger charge is 2.31. The molecule has 0 aliphatic rings. The zero-order chi connectivity index (χ0) is 10.8. The van der Waals surface area contributed by atoms with Crippen molar-refractivity contribution >= 4 is 17.7 Å². The van der Waals surface area contributed by atoms with Gasteiger partial charge in [0.15, 0.2) is 0 Å². The molecule has 75 valence electrons. The number of rotatable bonds is 1. The lowest BCUT2D eigenvalue weighted by Gasteiger charge is -2.07. The van der Waals surface area contributed by atoms with Crippen molar-refractivity contribution in [3.8, 4) is 0 Å². The van der Waals surface area contributed by atoms with Crippen LogP contribution in [-0.4, -0.2) is 0 Å². The molecule has 1 radical (unpaired) electrons. The van der Waals surface area contributed by atoms with Gasteiger partial charge < -0.3 is 0 Å². The average Bonchev–Trinajstić information content (AvgIpc) is 2.02. The van der Waals surface area contributed by atoms with Crippen LogP contribution >= 0.6 is 11.6 Å². The molecule has 5 heteroatoms. The molecule has 0 bridgehead atoms. The summed E-state index contributed by atoms with van der Waals surface area (Å²) in [5, 5.41) is 0. The van der Waals surface area contributed by atoms with E-state index in [2.05, 4.69) is 0 Å². The Balaban J connectivity index is 3.20. The highest BCUT2D eigenvalue weighted by molar-refractivity contribution is 6.23. The number of alkyl halides is 3. The molecule has 0 unspecified atom stereocenters. The van der Waals surface area contributed by atoms with Crippen LogP contribution in [0.3, 0.4) is 0 Å². The van der Waals surface area contributed by atoms with Crippen molar-refractivity contribution in [3.05, 3.63) is 40.7 Å². The minimum Gasteiger partial charge on any atom is -0.207 e. The molecule has 0 heterocycles. The summed E-state index contributed by atoms with van der Waals surface area (Å²) in [6.45, 7) is 0. The number of benzene rings is 1. The van der Waals surface area contributed by atoms with Gasteiger partial charge in [-0.05, 0) is 29.8 Å². The predicted octanol–water partition coefficient (Wildman–Crippen LogP) is 3.86. The second-order valence-electron chi connectivity index (χ2n) is 2.52. The molecule has 1 aromatic carbocycles. The van der Waals surface area contributed by atoms with Gasteiger partial charge in [-0.25, -0.2) is 4.39 Å². The van der Waals surface area contributed by atoms with Crippen LogP contribution in [0.5, 0.6) is 0 Å². The monoisotopic (exact) mass is 223 g/mol. The number of hydrogen-bond donors (Lipinski definition) is 0. The van der Waals surface area contributed by atoms with E-state index in [1.807, 2.05) is 5.54 Å². The van der Waals surface area contributed by atoms with Crippen molar-refractivity contribution in [2.75, 3.05) is 0 Å². The van der Waals surface area contributed by atoms with Crippen molar-refractivity contribution in [1.29, 1.82) is 0 Å². The van der Waals surface area contributed by atoms with E-state index in [0.29, 0.717) is 6.07 Å². The van der Waals surface area contributed by atoms with Crippen LogP contribution in [0.25, 0.3) is 6.08 Å². The lowest BCUT2D eigenvalue weighted by atomic mass is 10.1. The zero-order valence-electron chi connectivity index (χ0n) is 6.70. The lowest BCUT2D eigenvalue weighted by molar-refractivity contribution is -0.137. The largest absolute Gasteiger partial charge is 0.416 e. The fourth-order valence-electron chi connectivity index (χ4n) is 0.922. The van der Waals surface area contributed by atoms with Gasteiger partial charge in [-0.1, -0.05) is 11.6 Å². The second kappa shape index (κ2) is 4.00. The Bertz CT molecular complexity index is 354. The SMILES string of the molecule is Fc1cc(C=[C]Cl)cc(C(F)(F)F)c1. The van der Waals surface area contributed by atoms with Crippen LogP contribution < -0.4 is 0 Å². The molecule has 0 amide bonds. The standard InChI is InChI=1S/C9H4ClF4/c10-2-1-6-3-7(9(12,13)14)5-8(11)4-6/h1,3-5H. The van der Waals surface area contributed by atoms with E-state index in [1.165, 1.54) is 0 Å². The molecule has 0 aromatic heterocycles. The predicted molar refractivity (Wildman–Crippen MR) is 45.0 cm³/mol. The molecule has 14 heavy (non-hydrogen) atoms. The highest BCUT2D eigenvalue weighted by Crippen LogP contribution is 2.30. The van der Waals surface area contributed by atoms with Crippen LogP contribution in [0.4, 0.5) is 17.6 Å². The molecule has 0 aliphatic heterocycles. The first-order chi connectivity index (χ1) is 6.43. The maximum absolute atomic E-state index is 12.7. The quantitative estimate of drug-likeness (QED) is 0.634. The summed E-state index contributed by atoms with van der Waals surface area (Å²) in [7, 11) is 0. The molecule has 1 rings (SSSR count). The summed E-state index contributed by atoms with van der Waals surface area (Å²) in [5.41, 5.74) is 0.978. The molecule has 0 fully saturated rings. The Labute approximate surface area is 82.8 Å². The van der Waals surface area contributed by atoms with E-state index < -0.39 is 17.6 Å². The Kier molecular flexibility index (Phi) is 3.16. The van der Waals surface area contributed by atoms with Crippen molar-refractivity contribution in [1.82, 2.24) is 0 Å². The first kappa shape index (κ1) is 11.0. The van der Waals surface area contributed by atoms with Crippen LogP contribution in [0.15, 0.2) is 18.2 Å². The van der Waals surface area contributed by atoms with Crippen molar-refractivity contribution < 1.29 is 17.6 Å². The fourth-order valence-corrected chi connectivity index (χ4v) is 1.05. The molecule has 0 nitrogen and oxygen atoms in total. The third kappa shape index (κ3) is 2.73. The van der Waals surface area contributed by atoms with E-state index in [0.717, 1.165) is 18.2 Å². The molecule has 1 aromatic rings. The average molecular weight is 224 g/mol. The van der Waals surface area contributed by atoms with Gasteiger partial charge in [-0.15, -0.1) is 0 Å². The van der Waals surface area contributed by atoms with Crippen molar-refractivity contribution in [2.24, 2.45) is 0 Å². The Morgan fingerprint density at radius 2 is 1.86 bits per heavy atom. The molecule has 0 spiro atoms. The van der Waals surface area contributed by atoms with Gasteiger partial charge in [0.25, 0.3) is 0 Å². The summed E-state index contributed by atoms with van der Waals surface area (Å²) in [4.78, 5) is 0. The maximum Gasteiger partial charge on any atom is 0.416 e. The first-order valence-corrected chi connectivity index (χ1v) is 3.88. The third-order valence-electron chi connectivity index (χ3n) is 1.47. The first-order valence-electron chi connectivity index (χ1n) is 3.50. The molecule has 0 atom stereocenters. The normalized spacial score (nSPS) is 12.4. The summed E-state index contributed by atoms with van der Waals surface area (Å²) < 4.78 is 49.2. The molecule has 0 N–H and O–H groups in total. The Morgan fingerprint density at radius 1 is 1.21 bits per heavy atom. The summed E-state index contributed by atoms with van der Waals surface area (Å²) in [6, 6.07) is 2.15. The molecular formula is C9H4ClF4. The topological polar surface area (TPSA) is 0 Å². The molecule has 0 saturated heterocycles. The fraction of sp³-hybridized carbons (Fsp3) is 0.111. The van der Waals surface area contributed by atoms with Crippen LogP contribution in [-0.2, 0) is 6.18 Å². The van der Waals surface area contributed by atoms with E-state index in [4.69, 9.17) is 11.6 Å². The Hall–Kier alpha value is -1.03. The van der Waals surface area contributed by atoms with Gasteiger partial charge in [-0.2, -0.15) is 13.2 Å². The third-order valence-corrected chi connectivity index (χ3v) is 1.58. The van der Waals surface area contributed by atoms with Gasteiger partial charge >= 0.3 is 6.18 Å². The smallest absolute Gasteiger partial charge is 0.207 e. The Morgan fingerprint density at radius 3 is 2.36 bits per heavy atom. The van der Waals surface area contributed by atoms with Gasteiger partial charge in [0.05, 0.1) is 11.1 Å². The van der Waals surface area contributed by atoms with Crippen molar-refractivity contribution in [2.45, 2.75) is 6.18 Å². The summed E-state index contributed by atoms with van der Waals surface area (Å²) in [5.74, 6) is -0.960.